The smallest absolute Gasteiger partial charge is 0.252 e. The van der Waals surface area contributed by atoms with Gasteiger partial charge < -0.3 is 10.2 Å². The van der Waals surface area contributed by atoms with Crippen molar-refractivity contribution < 1.29 is 9.59 Å². The molecular weight excluding hydrogens is 312 g/mol. The van der Waals surface area contributed by atoms with Gasteiger partial charge in [-0.1, -0.05) is 55.5 Å². The first-order valence-electron chi connectivity index (χ1n) is 8.85. The number of hydrogen-bond acceptors (Lipinski definition) is 2. The first-order valence-corrected chi connectivity index (χ1v) is 8.85. The predicted molar refractivity (Wildman–Crippen MR) is 98.1 cm³/mol. The average Bonchev–Trinajstić information content (AvgIpc) is 2.67. The molecule has 1 saturated heterocycles. The number of benzene rings is 2. The van der Waals surface area contributed by atoms with Crippen LogP contribution in [-0.4, -0.2) is 29.8 Å². The maximum Gasteiger partial charge on any atom is 0.252 e. The van der Waals surface area contributed by atoms with Crippen LogP contribution in [0.1, 0.15) is 41.7 Å². The van der Waals surface area contributed by atoms with Crippen molar-refractivity contribution in [3.8, 4) is 0 Å². The molecule has 2 amide bonds. The molecule has 0 radical (unpaired) electrons. The Labute approximate surface area is 148 Å². The van der Waals surface area contributed by atoms with Gasteiger partial charge in [0.25, 0.3) is 5.91 Å². The number of likely N-dealkylation sites (tertiary alicyclic amines) is 1. The second-order valence-electron chi connectivity index (χ2n) is 6.69. The lowest BCUT2D eigenvalue weighted by molar-refractivity contribution is -0.134. The van der Waals surface area contributed by atoms with Crippen LogP contribution < -0.4 is 5.32 Å². The molecule has 1 fully saturated rings. The van der Waals surface area contributed by atoms with Crippen molar-refractivity contribution >= 4 is 11.8 Å². The van der Waals surface area contributed by atoms with Crippen LogP contribution in [0, 0.1) is 5.92 Å². The molecular formula is C21H24N2O2. The minimum atomic E-state index is -0.651. The van der Waals surface area contributed by atoms with E-state index in [0.717, 1.165) is 31.5 Å². The molecule has 1 heterocycles. The summed E-state index contributed by atoms with van der Waals surface area (Å²) in [7, 11) is 0. The molecule has 1 atom stereocenters. The van der Waals surface area contributed by atoms with Crippen molar-refractivity contribution in [1.82, 2.24) is 10.2 Å². The highest BCUT2D eigenvalue weighted by molar-refractivity contribution is 5.97. The maximum atomic E-state index is 13.1. The summed E-state index contributed by atoms with van der Waals surface area (Å²) in [5.74, 6) is 0.397. The van der Waals surface area contributed by atoms with Crippen LogP contribution in [0.2, 0.25) is 0 Å². The Hall–Kier alpha value is -2.62. The van der Waals surface area contributed by atoms with Gasteiger partial charge in [-0.05, 0) is 36.5 Å². The van der Waals surface area contributed by atoms with E-state index in [4.69, 9.17) is 0 Å². The quantitative estimate of drug-likeness (QED) is 0.930. The Morgan fingerprint density at radius 1 is 0.960 bits per heavy atom. The third kappa shape index (κ3) is 4.27. The van der Waals surface area contributed by atoms with Crippen LogP contribution in [0.4, 0.5) is 0 Å². The molecule has 4 nitrogen and oxygen atoms in total. The standard InChI is InChI=1S/C21H24N2O2/c1-16-12-14-23(15-13-16)21(25)19(17-8-4-2-5-9-17)22-20(24)18-10-6-3-7-11-18/h2-11,16,19H,12-15H2,1H3,(H,22,24)/t19-/m1/s1. The third-order valence-corrected chi connectivity index (χ3v) is 4.79. The van der Waals surface area contributed by atoms with Crippen molar-refractivity contribution in [1.29, 1.82) is 0 Å². The van der Waals surface area contributed by atoms with E-state index >= 15 is 0 Å². The highest BCUT2D eigenvalue weighted by atomic mass is 16.2. The highest BCUT2D eigenvalue weighted by Gasteiger charge is 2.29. The summed E-state index contributed by atoms with van der Waals surface area (Å²) < 4.78 is 0. The van der Waals surface area contributed by atoms with Gasteiger partial charge in [0.05, 0.1) is 0 Å². The minimum absolute atomic E-state index is 0.0256. The van der Waals surface area contributed by atoms with E-state index in [-0.39, 0.29) is 11.8 Å². The number of nitrogens with one attached hydrogen (secondary N) is 1. The van der Waals surface area contributed by atoms with E-state index < -0.39 is 6.04 Å². The summed E-state index contributed by atoms with van der Waals surface area (Å²) in [5, 5.41) is 2.93. The van der Waals surface area contributed by atoms with Crippen LogP contribution in [0.5, 0.6) is 0 Å². The van der Waals surface area contributed by atoms with Crippen LogP contribution in [0.25, 0.3) is 0 Å². The molecule has 0 unspecified atom stereocenters. The van der Waals surface area contributed by atoms with Crippen LogP contribution in [0.15, 0.2) is 60.7 Å². The van der Waals surface area contributed by atoms with Crippen molar-refractivity contribution in [3.05, 3.63) is 71.8 Å². The zero-order valence-corrected chi connectivity index (χ0v) is 14.5. The van der Waals surface area contributed by atoms with Gasteiger partial charge >= 0.3 is 0 Å². The van der Waals surface area contributed by atoms with Crippen molar-refractivity contribution in [2.75, 3.05) is 13.1 Å². The lowest BCUT2D eigenvalue weighted by atomic mass is 9.97. The molecule has 2 aromatic rings. The zero-order valence-electron chi connectivity index (χ0n) is 14.5. The summed E-state index contributed by atoms with van der Waals surface area (Å²) in [5.41, 5.74) is 1.37. The van der Waals surface area contributed by atoms with Gasteiger partial charge in [-0.25, -0.2) is 0 Å². The Bertz CT molecular complexity index is 707. The van der Waals surface area contributed by atoms with Gasteiger partial charge in [-0.15, -0.1) is 0 Å². The van der Waals surface area contributed by atoms with Crippen LogP contribution in [0.3, 0.4) is 0 Å². The fourth-order valence-electron chi connectivity index (χ4n) is 3.15. The topological polar surface area (TPSA) is 49.4 Å². The van der Waals surface area contributed by atoms with Gasteiger partial charge in [0.15, 0.2) is 0 Å². The average molecular weight is 336 g/mol. The summed E-state index contributed by atoms with van der Waals surface area (Å²) in [4.78, 5) is 27.5. The van der Waals surface area contributed by atoms with E-state index in [1.165, 1.54) is 0 Å². The number of amides is 2. The molecule has 0 spiro atoms. The van der Waals surface area contributed by atoms with Crippen molar-refractivity contribution in [2.45, 2.75) is 25.8 Å². The number of carbonyl (C=O) groups excluding carboxylic acids is 2. The Kier molecular flexibility index (Phi) is 5.49. The molecule has 0 aliphatic carbocycles. The Morgan fingerprint density at radius 2 is 1.52 bits per heavy atom. The fraction of sp³-hybridized carbons (Fsp3) is 0.333. The first-order chi connectivity index (χ1) is 12.1. The lowest BCUT2D eigenvalue weighted by Crippen LogP contribution is -2.45. The molecule has 3 rings (SSSR count). The number of hydrogen-bond donors (Lipinski definition) is 1. The number of carbonyl (C=O) groups is 2. The monoisotopic (exact) mass is 336 g/mol. The maximum absolute atomic E-state index is 13.1. The second kappa shape index (κ2) is 7.97. The summed E-state index contributed by atoms with van der Waals surface area (Å²) in [6.07, 6.45) is 2.03. The fourth-order valence-corrected chi connectivity index (χ4v) is 3.15. The Balaban J connectivity index is 1.80. The number of piperidine rings is 1. The largest absolute Gasteiger partial charge is 0.341 e. The van der Waals surface area contributed by atoms with Crippen LogP contribution >= 0.6 is 0 Å². The van der Waals surface area contributed by atoms with E-state index in [2.05, 4.69) is 12.2 Å². The van der Waals surface area contributed by atoms with E-state index in [9.17, 15) is 9.59 Å². The van der Waals surface area contributed by atoms with Gasteiger partial charge in [0.1, 0.15) is 6.04 Å². The van der Waals surface area contributed by atoms with E-state index in [1.54, 1.807) is 12.1 Å². The molecule has 4 heteroatoms. The first kappa shape index (κ1) is 17.2. The van der Waals surface area contributed by atoms with Gasteiger partial charge in [-0.2, -0.15) is 0 Å². The predicted octanol–water partition coefficient (Wildman–Crippen LogP) is 3.42. The van der Waals surface area contributed by atoms with E-state index in [0.29, 0.717) is 11.5 Å². The Morgan fingerprint density at radius 3 is 2.12 bits per heavy atom. The van der Waals surface area contributed by atoms with Gasteiger partial charge in [-0.3, -0.25) is 9.59 Å². The zero-order chi connectivity index (χ0) is 17.6. The molecule has 1 aliphatic rings. The second-order valence-corrected chi connectivity index (χ2v) is 6.69. The molecule has 0 saturated carbocycles. The lowest BCUT2D eigenvalue weighted by Gasteiger charge is -2.33. The number of rotatable bonds is 4. The SMILES string of the molecule is CC1CCN(C(=O)[C@H](NC(=O)c2ccccc2)c2ccccc2)CC1. The van der Waals surface area contributed by atoms with Crippen molar-refractivity contribution in [3.63, 3.8) is 0 Å². The summed E-state index contributed by atoms with van der Waals surface area (Å²) >= 11 is 0. The highest BCUT2D eigenvalue weighted by Crippen LogP contribution is 2.22. The molecule has 0 bridgehead atoms. The summed E-state index contributed by atoms with van der Waals surface area (Å²) in [6, 6.07) is 17.8. The minimum Gasteiger partial charge on any atom is -0.341 e. The van der Waals surface area contributed by atoms with E-state index in [1.807, 2.05) is 53.4 Å². The number of nitrogens with zero attached hydrogens (tertiary/aromatic N) is 1. The van der Waals surface area contributed by atoms with Gasteiger partial charge in [0, 0.05) is 18.7 Å². The van der Waals surface area contributed by atoms with Crippen LogP contribution in [-0.2, 0) is 4.79 Å². The molecule has 1 N–H and O–H groups in total. The molecule has 130 valence electrons. The summed E-state index contributed by atoms with van der Waals surface area (Å²) in [6.45, 7) is 3.72. The van der Waals surface area contributed by atoms with Gasteiger partial charge in [0.2, 0.25) is 5.91 Å². The molecule has 0 aromatic heterocycles. The third-order valence-electron chi connectivity index (χ3n) is 4.79. The molecule has 2 aromatic carbocycles. The molecule has 25 heavy (non-hydrogen) atoms. The van der Waals surface area contributed by atoms with Crippen molar-refractivity contribution in [2.24, 2.45) is 5.92 Å². The molecule has 1 aliphatic heterocycles. The normalized spacial score (nSPS) is 16.3.